The van der Waals surface area contributed by atoms with Crippen LogP contribution in [0, 0.1) is 6.92 Å². The molecule has 3 aromatic carbocycles. The maximum atomic E-state index is 13.5. The van der Waals surface area contributed by atoms with Gasteiger partial charge in [-0.1, -0.05) is 29.3 Å². The van der Waals surface area contributed by atoms with E-state index in [2.05, 4.69) is 10.2 Å². The summed E-state index contributed by atoms with van der Waals surface area (Å²) in [7, 11) is 0. The van der Waals surface area contributed by atoms with E-state index in [0.29, 0.717) is 53.6 Å². The molecule has 0 bridgehead atoms. The van der Waals surface area contributed by atoms with Crippen molar-refractivity contribution in [3.05, 3.63) is 94.0 Å². The summed E-state index contributed by atoms with van der Waals surface area (Å²) in [5.41, 5.74) is 4.25. The highest BCUT2D eigenvalue weighted by atomic mass is 35.5. The first-order valence-corrected chi connectivity index (χ1v) is 13.4. The minimum absolute atomic E-state index is 0.0262. The molecule has 0 radical (unpaired) electrons. The highest BCUT2D eigenvalue weighted by molar-refractivity contribution is 6.30. The van der Waals surface area contributed by atoms with E-state index in [9.17, 15) is 14.4 Å². The molecular weight excluding hydrogens is 500 g/mol. The number of anilines is 2. The summed E-state index contributed by atoms with van der Waals surface area (Å²) < 4.78 is 0. The minimum atomic E-state index is -0.266. The van der Waals surface area contributed by atoms with Gasteiger partial charge in [-0.15, -0.1) is 0 Å². The quantitative estimate of drug-likeness (QED) is 0.498. The van der Waals surface area contributed by atoms with Crippen LogP contribution in [0.4, 0.5) is 11.4 Å². The van der Waals surface area contributed by atoms with Gasteiger partial charge in [-0.05, 0) is 74.4 Å². The number of piperazine rings is 1. The maximum absolute atomic E-state index is 13.5. The van der Waals surface area contributed by atoms with Crippen molar-refractivity contribution in [1.29, 1.82) is 0 Å². The first-order chi connectivity index (χ1) is 18.4. The molecule has 0 unspecified atom stereocenters. The number of nitrogens with one attached hydrogen (secondary N) is 1. The summed E-state index contributed by atoms with van der Waals surface area (Å²) in [6, 6.07) is 19.8. The summed E-state index contributed by atoms with van der Waals surface area (Å²) in [6.45, 7) is 5.85. The van der Waals surface area contributed by atoms with E-state index in [1.807, 2.05) is 53.1 Å². The van der Waals surface area contributed by atoms with Gasteiger partial charge < -0.3 is 20.0 Å². The summed E-state index contributed by atoms with van der Waals surface area (Å²) in [5, 5.41) is 3.47. The predicted octanol–water partition coefficient (Wildman–Crippen LogP) is 5.10. The molecule has 8 heteroatoms. The predicted molar refractivity (Wildman–Crippen MR) is 150 cm³/mol. The van der Waals surface area contributed by atoms with E-state index < -0.39 is 0 Å². The number of benzene rings is 3. The van der Waals surface area contributed by atoms with Crippen LogP contribution in [0.3, 0.4) is 0 Å². The van der Waals surface area contributed by atoms with Crippen molar-refractivity contribution in [3.63, 3.8) is 0 Å². The lowest BCUT2D eigenvalue weighted by Gasteiger charge is -2.37. The Hall–Kier alpha value is -3.84. The standard InChI is InChI=1S/C30H31ClN4O3/c1-21-4-6-23(7-5-21)29(37)35-18-16-33(17-19-35)27-13-12-25(20-26(27)30(38)34-14-2-3-15-34)32-28(36)22-8-10-24(31)11-9-22/h4-13,20H,2-3,14-19H2,1H3,(H,32,36). The second-order valence-electron chi connectivity index (χ2n) is 9.84. The van der Waals surface area contributed by atoms with Gasteiger partial charge >= 0.3 is 0 Å². The zero-order chi connectivity index (χ0) is 26.6. The number of hydrogen-bond donors (Lipinski definition) is 1. The fourth-order valence-electron chi connectivity index (χ4n) is 4.99. The smallest absolute Gasteiger partial charge is 0.256 e. The molecule has 3 amide bonds. The molecule has 0 aliphatic carbocycles. The topological polar surface area (TPSA) is 73.0 Å². The molecule has 5 rings (SSSR count). The normalized spacial score (nSPS) is 15.5. The second kappa shape index (κ2) is 11.3. The number of rotatable bonds is 5. The van der Waals surface area contributed by atoms with Gasteiger partial charge in [-0.3, -0.25) is 14.4 Å². The van der Waals surface area contributed by atoms with E-state index >= 15 is 0 Å². The van der Waals surface area contributed by atoms with Crippen LogP contribution in [0.15, 0.2) is 66.7 Å². The van der Waals surface area contributed by atoms with Crippen molar-refractivity contribution in [2.75, 3.05) is 49.5 Å². The Kier molecular flexibility index (Phi) is 7.65. The Morgan fingerprint density at radius 2 is 1.32 bits per heavy atom. The number of halogens is 1. The summed E-state index contributed by atoms with van der Waals surface area (Å²) in [6.07, 6.45) is 1.99. The number of carbonyl (C=O) groups excluding carboxylic acids is 3. The van der Waals surface area contributed by atoms with E-state index in [1.165, 1.54) is 0 Å². The van der Waals surface area contributed by atoms with Crippen LogP contribution in [0.25, 0.3) is 0 Å². The average molecular weight is 531 g/mol. The van der Waals surface area contributed by atoms with E-state index in [1.54, 1.807) is 30.3 Å². The molecule has 0 spiro atoms. The summed E-state index contributed by atoms with van der Waals surface area (Å²) in [5.74, 6) is -0.270. The van der Waals surface area contributed by atoms with Crippen LogP contribution < -0.4 is 10.2 Å². The molecule has 0 aromatic heterocycles. The third kappa shape index (κ3) is 5.68. The number of nitrogens with zero attached hydrogens (tertiary/aromatic N) is 3. The number of amides is 3. The number of hydrogen-bond acceptors (Lipinski definition) is 4. The molecule has 3 aromatic rings. The van der Waals surface area contributed by atoms with Gasteiger partial charge in [0.25, 0.3) is 17.7 Å². The van der Waals surface area contributed by atoms with Gasteiger partial charge in [0, 0.05) is 66.8 Å². The van der Waals surface area contributed by atoms with Crippen LogP contribution in [-0.4, -0.2) is 66.8 Å². The minimum Gasteiger partial charge on any atom is -0.367 e. The fraction of sp³-hybridized carbons (Fsp3) is 0.300. The monoisotopic (exact) mass is 530 g/mol. The number of carbonyl (C=O) groups is 3. The third-order valence-corrected chi connectivity index (χ3v) is 7.44. The van der Waals surface area contributed by atoms with Crippen molar-refractivity contribution in [2.45, 2.75) is 19.8 Å². The van der Waals surface area contributed by atoms with Gasteiger partial charge in [-0.2, -0.15) is 0 Å². The molecule has 196 valence electrons. The lowest BCUT2D eigenvalue weighted by atomic mass is 10.1. The van der Waals surface area contributed by atoms with Gasteiger partial charge in [-0.25, -0.2) is 0 Å². The van der Waals surface area contributed by atoms with E-state index in [0.717, 1.165) is 37.2 Å². The van der Waals surface area contributed by atoms with Crippen molar-refractivity contribution in [3.8, 4) is 0 Å². The lowest BCUT2D eigenvalue weighted by Crippen LogP contribution is -2.49. The van der Waals surface area contributed by atoms with Crippen molar-refractivity contribution < 1.29 is 14.4 Å². The van der Waals surface area contributed by atoms with E-state index in [4.69, 9.17) is 11.6 Å². The average Bonchev–Trinajstić information content (AvgIpc) is 3.48. The largest absolute Gasteiger partial charge is 0.367 e. The second-order valence-corrected chi connectivity index (χ2v) is 10.3. The Balaban J connectivity index is 1.34. The number of likely N-dealkylation sites (tertiary alicyclic amines) is 1. The fourth-order valence-corrected chi connectivity index (χ4v) is 5.11. The number of aryl methyl sites for hydroxylation is 1. The molecule has 2 aliphatic rings. The van der Waals surface area contributed by atoms with Gasteiger partial charge in [0.1, 0.15) is 0 Å². The Labute approximate surface area is 228 Å². The molecule has 2 fully saturated rings. The molecule has 2 aliphatic heterocycles. The third-order valence-electron chi connectivity index (χ3n) is 7.19. The van der Waals surface area contributed by atoms with Crippen LogP contribution in [0.1, 0.15) is 49.5 Å². The Morgan fingerprint density at radius 1 is 0.711 bits per heavy atom. The molecule has 1 N–H and O–H groups in total. The Bertz CT molecular complexity index is 1330. The highest BCUT2D eigenvalue weighted by Crippen LogP contribution is 2.29. The first kappa shape index (κ1) is 25.8. The van der Waals surface area contributed by atoms with Gasteiger partial charge in [0.05, 0.1) is 5.56 Å². The van der Waals surface area contributed by atoms with Crippen LogP contribution in [0.2, 0.25) is 5.02 Å². The van der Waals surface area contributed by atoms with Crippen LogP contribution >= 0.6 is 11.6 Å². The lowest BCUT2D eigenvalue weighted by molar-refractivity contribution is 0.0743. The van der Waals surface area contributed by atoms with Crippen molar-refractivity contribution in [2.24, 2.45) is 0 Å². The Morgan fingerprint density at radius 3 is 1.97 bits per heavy atom. The van der Waals surface area contributed by atoms with E-state index in [-0.39, 0.29) is 17.7 Å². The van der Waals surface area contributed by atoms with Crippen LogP contribution in [-0.2, 0) is 0 Å². The molecular formula is C30H31ClN4O3. The van der Waals surface area contributed by atoms with Gasteiger partial charge in [0.2, 0.25) is 0 Å². The molecule has 2 saturated heterocycles. The first-order valence-electron chi connectivity index (χ1n) is 13.0. The SMILES string of the molecule is Cc1ccc(C(=O)N2CCN(c3ccc(NC(=O)c4ccc(Cl)cc4)cc3C(=O)N3CCCC3)CC2)cc1. The molecule has 7 nitrogen and oxygen atoms in total. The van der Waals surface area contributed by atoms with Crippen molar-refractivity contribution in [1.82, 2.24) is 9.80 Å². The zero-order valence-electron chi connectivity index (χ0n) is 21.5. The molecule has 0 saturated carbocycles. The van der Waals surface area contributed by atoms with Crippen molar-refractivity contribution >= 4 is 40.7 Å². The molecule has 38 heavy (non-hydrogen) atoms. The summed E-state index contributed by atoms with van der Waals surface area (Å²) >= 11 is 5.95. The van der Waals surface area contributed by atoms with Crippen LogP contribution in [0.5, 0.6) is 0 Å². The maximum Gasteiger partial charge on any atom is 0.256 e. The zero-order valence-corrected chi connectivity index (χ0v) is 22.2. The van der Waals surface area contributed by atoms with Gasteiger partial charge in [0.15, 0.2) is 0 Å². The molecule has 0 atom stereocenters. The molecule has 2 heterocycles. The summed E-state index contributed by atoms with van der Waals surface area (Å²) in [4.78, 5) is 45.2. The highest BCUT2D eigenvalue weighted by Gasteiger charge is 2.28.